The van der Waals surface area contributed by atoms with Gasteiger partial charge in [-0.05, 0) is 29.7 Å². The van der Waals surface area contributed by atoms with Gasteiger partial charge in [-0.3, -0.25) is 4.68 Å². The summed E-state index contributed by atoms with van der Waals surface area (Å²) in [6, 6.07) is 4.09. The molecule has 3 nitrogen and oxygen atoms in total. The largest absolute Gasteiger partial charge is 0.388 e. The van der Waals surface area contributed by atoms with E-state index in [4.69, 9.17) is 23.2 Å². The minimum Gasteiger partial charge on any atom is -0.388 e. The van der Waals surface area contributed by atoms with E-state index in [0.29, 0.717) is 21.3 Å². The lowest BCUT2D eigenvalue weighted by molar-refractivity contribution is 0.177. The lowest BCUT2D eigenvalue weighted by atomic mass is 9.97. The Kier molecular flexibility index (Phi) is 4.91. The molecule has 0 aliphatic rings. The van der Waals surface area contributed by atoms with Crippen LogP contribution < -0.4 is 0 Å². The lowest BCUT2D eigenvalue weighted by Gasteiger charge is -2.14. The first-order valence-electron chi connectivity index (χ1n) is 6.65. The van der Waals surface area contributed by atoms with Crippen LogP contribution in [0.15, 0.2) is 18.2 Å². The monoisotopic (exact) mass is 330 g/mol. The second kappa shape index (κ2) is 6.34. The van der Waals surface area contributed by atoms with Gasteiger partial charge in [-0.1, -0.05) is 37.0 Å². The van der Waals surface area contributed by atoms with Gasteiger partial charge in [0.15, 0.2) is 0 Å². The molecule has 21 heavy (non-hydrogen) atoms. The molecule has 6 heteroatoms. The molecule has 0 amide bonds. The van der Waals surface area contributed by atoms with Gasteiger partial charge >= 0.3 is 0 Å². The average Bonchev–Trinajstić information content (AvgIpc) is 2.70. The zero-order chi connectivity index (χ0) is 15.7. The number of nitrogens with zero attached hydrogens (tertiary/aromatic N) is 2. The Labute approximate surface area is 133 Å². The highest BCUT2D eigenvalue weighted by molar-refractivity contribution is 6.31. The number of halogens is 3. The zero-order valence-corrected chi connectivity index (χ0v) is 13.6. The van der Waals surface area contributed by atoms with Crippen molar-refractivity contribution in [2.45, 2.75) is 32.3 Å². The summed E-state index contributed by atoms with van der Waals surface area (Å²) >= 11 is 12.3. The SMILES string of the molecule is CC(C)c1nn(C)c(Cl)c1C(O)Cc1cc(F)ccc1Cl. The van der Waals surface area contributed by atoms with Crippen molar-refractivity contribution in [1.82, 2.24) is 9.78 Å². The van der Waals surface area contributed by atoms with Crippen molar-refractivity contribution in [1.29, 1.82) is 0 Å². The number of hydrogen-bond donors (Lipinski definition) is 1. The number of rotatable bonds is 4. The third kappa shape index (κ3) is 3.39. The first kappa shape index (κ1) is 16.3. The number of benzene rings is 1. The molecule has 1 N–H and O–H groups in total. The van der Waals surface area contributed by atoms with E-state index in [-0.39, 0.29) is 18.2 Å². The van der Waals surface area contributed by atoms with E-state index in [1.807, 2.05) is 13.8 Å². The highest BCUT2D eigenvalue weighted by Gasteiger charge is 2.24. The summed E-state index contributed by atoms with van der Waals surface area (Å²) in [4.78, 5) is 0. The molecule has 0 saturated carbocycles. The zero-order valence-electron chi connectivity index (χ0n) is 12.1. The molecular weight excluding hydrogens is 314 g/mol. The van der Waals surface area contributed by atoms with Crippen LogP contribution in [0, 0.1) is 5.82 Å². The summed E-state index contributed by atoms with van der Waals surface area (Å²) in [6.07, 6.45) is -0.704. The molecule has 1 unspecified atom stereocenters. The second-order valence-electron chi connectivity index (χ2n) is 5.32. The Balaban J connectivity index is 2.36. The number of aryl methyl sites for hydroxylation is 1. The van der Waals surface area contributed by atoms with Gasteiger partial charge in [-0.2, -0.15) is 5.10 Å². The molecule has 0 bridgehead atoms. The van der Waals surface area contributed by atoms with E-state index in [9.17, 15) is 9.50 Å². The van der Waals surface area contributed by atoms with Crippen LogP contribution in [0.2, 0.25) is 10.2 Å². The number of hydrogen-bond acceptors (Lipinski definition) is 2. The fourth-order valence-electron chi connectivity index (χ4n) is 2.28. The molecule has 0 radical (unpaired) electrons. The Bertz CT molecular complexity index is 655. The molecule has 1 aromatic heterocycles. The highest BCUT2D eigenvalue weighted by Crippen LogP contribution is 2.33. The molecule has 2 aromatic rings. The summed E-state index contributed by atoms with van der Waals surface area (Å²) in [7, 11) is 1.72. The summed E-state index contributed by atoms with van der Waals surface area (Å²) < 4.78 is 14.8. The second-order valence-corrected chi connectivity index (χ2v) is 6.09. The van der Waals surface area contributed by atoms with Crippen LogP contribution in [0.25, 0.3) is 0 Å². The predicted molar refractivity (Wildman–Crippen MR) is 82.4 cm³/mol. The van der Waals surface area contributed by atoms with Crippen LogP contribution >= 0.6 is 23.2 Å². The molecule has 0 saturated heterocycles. The van der Waals surface area contributed by atoms with Crippen molar-refractivity contribution >= 4 is 23.2 Å². The molecule has 1 aromatic carbocycles. The maximum absolute atomic E-state index is 13.3. The van der Waals surface area contributed by atoms with Crippen LogP contribution in [-0.4, -0.2) is 14.9 Å². The fraction of sp³-hybridized carbons (Fsp3) is 0.400. The average molecular weight is 331 g/mol. The van der Waals surface area contributed by atoms with Crippen LogP contribution in [0.1, 0.15) is 42.7 Å². The fourth-order valence-corrected chi connectivity index (χ4v) is 2.74. The topological polar surface area (TPSA) is 38.0 Å². The molecule has 1 heterocycles. The van der Waals surface area contributed by atoms with Gasteiger partial charge in [-0.25, -0.2) is 4.39 Å². The van der Waals surface area contributed by atoms with Crippen molar-refractivity contribution in [3.63, 3.8) is 0 Å². The molecule has 1 atom stereocenters. The minimum absolute atomic E-state index is 0.122. The third-order valence-corrected chi connectivity index (χ3v) is 4.16. The Morgan fingerprint density at radius 3 is 2.62 bits per heavy atom. The molecule has 114 valence electrons. The van der Waals surface area contributed by atoms with Crippen molar-refractivity contribution in [3.8, 4) is 0 Å². The molecule has 0 spiro atoms. The van der Waals surface area contributed by atoms with Crippen LogP contribution in [-0.2, 0) is 13.5 Å². The molecule has 0 aliphatic heterocycles. The highest BCUT2D eigenvalue weighted by atomic mass is 35.5. The van der Waals surface area contributed by atoms with E-state index >= 15 is 0 Å². The van der Waals surface area contributed by atoms with Gasteiger partial charge in [-0.15, -0.1) is 0 Å². The van der Waals surface area contributed by atoms with E-state index in [0.717, 1.165) is 5.69 Å². The summed E-state index contributed by atoms with van der Waals surface area (Å²) in [5.41, 5.74) is 1.86. The minimum atomic E-state index is -0.886. The Morgan fingerprint density at radius 1 is 1.33 bits per heavy atom. The van der Waals surface area contributed by atoms with Crippen LogP contribution in [0.5, 0.6) is 0 Å². The first-order valence-corrected chi connectivity index (χ1v) is 7.41. The standard InChI is InChI=1S/C15H17Cl2FN2O/c1-8(2)14-13(15(17)20(3)19-14)12(21)7-9-6-10(18)4-5-11(9)16/h4-6,8,12,21H,7H2,1-3H3. The van der Waals surface area contributed by atoms with E-state index in [1.165, 1.54) is 22.9 Å². The predicted octanol–water partition coefficient (Wildman–Crippen LogP) is 4.27. The smallest absolute Gasteiger partial charge is 0.132 e. The number of aromatic nitrogens is 2. The molecule has 0 aliphatic carbocycles. The van der Waals surface area contributed by atoms with E-state index < -0.39 is 6.10 Å². The Morgan fingerprint density at radius 2 is 2.00 bits per heavy atom. The third-order valence-electron chi connectivity index (χ3n) is 3.34. The molecule has 2 rings (SSSR count). The van der Waals surface area contributed by atoms with Gasteiger partial charge in [0.25, 0.3) is 0 Å². The van der Waals surface area contributed by atoms with Crippen molar-refractivity contribution in [2.75, 3.05) is 0 Å². The number of aliphatic hydroxyl groups excluding tert-OH is 1. The maximum Gasteiger partial charge on any atom is 0.132 e. The lowest BCUT2D eigenvalue weighted by Crippen LogP contribution is -2.06. The van der Waals surface area contributed by atoms with Crippen LogP contribution in [0.4, 0.5) is 4.39 Å². The quantitative estimate of drug-likeness (QED) is 0.909. The normalized spacial score (nSPS) is 13.0. The summed E-state index contributed by atoms with van der Waals surface area (Å²) in [5.74, 6) is -0.265. The molecular formula is C15H17Cl2FN2O. The Hall–Kier alpha value is -1.10. The summed E-state index contributed by atoms with van der Waals surface area (Å²) in [6.45, 7) is 3.95. The van der Waals surface area contributed by atoms with E-state index in [1.54, 1.807) is 7.05 Å². The van der Waals surface area contributed by atoms with Gasteiger partial charge in [0, 0.05) is 24.1 Å². The van der Waals surface area contributed by atoms with E-state index in [2.05, 4.69) is 5.10 Å². The van der Waals surface area contributed by atoms with Crippen molar-refractivity contribution < 1.29 is 9.50 Å². The van der Waals surface area contributed by atoms with Crippen LogP contribution in [0.3, 0.4) is 0 Å². The number of aliphatic hydroxyl groups is 1. The van der Waals surface area contributed by atoms with Gasteiger partial charge in [0.05, 0.1) is 11.8 Å². The van der Waals surface area contributed by atoms with Gasteiger partial charge in [0.2, 0.25) is 0 Å². The maximum atomic E-state index is 13.3. The van der Waals surface area contributed by atoms with Crippen molar-refractivity contribution in [3.05, 3.63) is 51.0 Å². The molecule has 0 fully saturated rings. The van der Waals surface area contributed by atoms with Gasteiger partial charge in [0.1, 0.15) is 11.0 Å². The summed E-state index contributed by atoms with van der Waals surface area (Å²) in [5, 5.41) is 15.6. The first-order chi connectivity index (χ1) is 9.81. The van der Waals surface area contributed by atoms with Crippen molar-refractivity contribution in [2.24, 2.45) is 7.05 Å². The van der Waals surface area contributed by atoms with Gasteiger partial charge < -0.3 is 5.11 Å².